The number of aliphatic carboxylic acids is 1. The molecule has 6 nitrogen and oxygen atoms in total. The largest absolute Gasteiger partial charge is 0.480 e. The zero-order chi connectivity index (χ0) is 15.0. The molecule has 1 atom stereocenters. The number of anilines is 1. The summed E-state index contributed by atoms with van der Waals surface area (Å²) in [6.07, 6.45) is 1.18. The Balaban J connectivity index is 1.78. The number of benzene rings is 1. The molecule has 0 radical (unpaired) electrons. The molecule has 110 valence electrons. The van der Waals surface area contributed by atoms with Crippen LogP contribution in [0.3, 0.4) is 0 Å². The second-order valence-corrected chi connectivity index (χ2v) is 6.22. The van der Waals surface area contributed by atoms with Crippen LogP contribution >= 0.6 is 22.9 Å². The van der Waals surface area contributed by atoms with Gasteiger partial charge in [0, 0.05) is 11.6 Å². The van der Waals surface area contributed by atoms with Crippen LogP contribution in [-0.4, -0.2) is 39.6 Å². The van der Waals surface area contributed by atoms with E-state index in [4.69, 9.17) is 16.7 Å². The summed E-state index contributed by atoms with van der Waals surface area (Å²) in [6, 6.07) is 4.11. The van der Waals surface area contributed by atoms with Crippen molar-refractivity contribution in [2.75, 3.05) is 11.9 Å². The molecule has 3 rings (SSSR count). The first-order valence-corrected chi connectivity index (χ1v) is 7.60. The molecule has 0 bridgehead atoms. The molecule has 1 fully saturated rings. The Bertz CT molecular complexity index is 718. The van der Waals surface area contributed by atoms with Crippen LogP contribution in [0.25, 0.3) is 10.2 Å². The Morgan fingerprint density at radius 1 is 1.48 bits per heavy atom. The third-order valence-electron chi connectivity index (χ3n) is 3.36. The summed E-state index contributed by atoms with van der Waals surface area (Å²) in [4.78, 5) is 28.9. The summed E-state index contributed by atoms with van der Waals surface area (Å²) in [5, 5.41) is 12.8. The fraction of sp³-hybridized carbons (Fsp3) is 0.308. The fourth-order valence-electron chi connectivity index (χ4n) is 2.38. The Morgan fingerprint density at radius 3 is 3.05 bits per heavy atom. The molecule has 2 N–H and O–H groups in total. The number of likely N-dealkylation sites (tertiary alicyclic amines) is 1. The van der Waals surface area contributed by atoms with Gasteiger partial charge in [-0.25, -0.2) is 14.6 Å². The van der Waals surface area contributed by atoms with Gasteiger partial charge in [-0.05, 0) is 31.0 Å². The molecular weight excluding hydrogens is 314 g/mol. The molecule has 1 saturated heterocycles. The van der Waals surface area contributed by atoms with Crippen LogP contribution in [0.2, 0.25) is 5.02 Å². The molecule has 0 unspecified atom stereocenters. The quantitative estimate of drug-likeness (QED) is 0.889. The van der Waals surface area contributed by atoms with Crippen molar-refractivity contribution in [3.05, 3.63) is 23.2 Å². The van der Waals surface area contributed by atoms with Crippen molar-refractivity contribution in [3.63, 3.8) is 0 Å². The Labute approximate surface area is 129 Å². The summed E-state index contributed by atoms with van der Waals surface area (Å²) in [6.45, 7) is 0.444. The first-order valence-electron chi connectivity index (χ1n) is 6.41. The molecule has 1 aliphatic heterocycles. The highest BCUT2D eigenvalue weighted by molar-refractivity contribution is 7.22. The zero-order valence-electron chi connectivity index (χ0n) is 10.9. The van der Waals surface area contributed by atoms with Crippen molar-refractivity contribution in [1.29, 1.82) is 0 Å². The van der Waals surface area contributed by atoms with E-state index in [1.165, 1.54) is 16.2 Å². The van der Waals surface area contributed by atoms with Crippen LogP contribution in [0.5, 0.6) is 0 Å². The molecule has 2 amide bonds. The average molecular weight is 326 g/mol. The Hall–Kier alpha value is -1.86. The molecule has 2 aromatic rings. The van der Waals surface area contributed by atoms with Gasteiger partial charge in [0.05, 0.1) is 10.2 Å². The number of fused-ring (bicyclic) bond motifs is 1. The first kappa shape index (κ1) is 14.1. The molecule has 2 heterocycles. The summed E-state index contributed by atoms with van der Waals surface area (Å²) >= 11 is 7.22. The monoisotopic (exact) mass is 325 g/mol. The van der Waals surface area contributed by atoms with Crippen LogP contribution < -0.4 is 5.32 Å². The molecule has 8 heteroatoms. The van der Waals surface area contributed by atoms with Crippen LogP contribution in [0.1, 0.15) is 12.8 Å². The fourth-order valence-corrected chi connectivity index (χ4v) is 3.51. The number of halogens is 1. The van der Waals surface area contributed by atoms with E-state index in [1.54, 1.807) is 18.2 Å². The Morgan fingerprint density at radius 2 is 2.29 bits per heavy atom. The molecule has 0 saturated carbocycles. The first-order chi connectivity index (χ1) is 10.0. The number of aromatic nitrogens is 1. The van der Waals surface area contributed by atoms with E-state index in [0.717, 1.165) is 10.2 Å². The van der Waals surface area contributed by atoms with Gasteiger partial charge < -0.3 is 10.0 Å². The number of carbonyl (C=O) groups is 2. The Kier molecular flexibility index (Phi) is 3.69. The number of carboxylic acids is 1. The SMILES string of the molecule is O=C(O)[C@@H]1CCCN1C(=O)Nc1nc2ccc(Cl)cc2s1. The van der Waals surface area contributed by atoms with Gasteiger partial charge in [-0.2, -0.15) is 0 Å². The van der Waals surface area contributed by atoms with Crippen molar-refractivity contribution in [1.82, 2.24) is 9.88 Å². The number of hydrogen-bond donors (Lipinski definition) is 2. The maximum absolute atomic E-state index is 12.2. The van der Waals surface area contributed by atoms with Gasteiger partial charge in [-0.1, -0.05) is 22.9 Å². The van der Waals surface area contributed by atoms with Crippen molar-refractivity contribution < 1.29 is 14.7 Å². The molecule has 0 spiro atoms. The standard InChI is InChI=1S/C13H12ClN3O3S/c14-7-3-4-8-10(6-7)21-12(15-8)16-13(20)17-5-1-2-9(17)11(18)19/h3-4,6,9H,1-2,5H2,(H,18,19)(H,15,16,20)/t9-/m0/s1. The lowest BCUT2D eigenvalue weighted by Gasteiger charge is -2.20. The minimum absolute atomic E-state index is 0.426. The van der Waals surface area contributed by atoms with E-state index in [2.05, 4.69) is 10.3 Å². The number of rotatable bonds is 2. The van der Waals surface area contributed by atoms with Crippen molar-refractivity contribution in [3.8, 4) is 0 Å². The number of thiazole rings is 1. The highest BCUT2D eigenvalue weighted by atomic mass is 35.5. The third-order valence-corrected chi connectivity index (χ3v) is 4.53. The number of carboxylic acid groups (broad SMARTS) is 1. The average Bonchev–Trinajstić information content (AvgIpc) is 3.03. The number of urea groups is 1. The van der Waals surface area contributed by atoms with Gasteiger partial charge in [-0.15, -0.1) is 0 Å². The molecule has 0 aliphatic carbocycles. The summed E-state index contributed by atoms with van der Waals surface area (Å²) in [7, 11) is 0. The molecular formula is C13H12ClN3O3S. The van der Waals surface area contributed by atoms with Crippen molar-refractivity contribution in [2.45, 2.75) is 18.9 Å². The lowest BCUT2D eigenvalue weighted by Crippen LogP contribution is -2.42. The highest BCUT2D eigenvalue weighted by Crippen LogP contribution is 2.29. The van der Waals surface area contributed by atoms with Crippen molar-refractivity contribution >= 4 is 50.3 Å². The van der Waals surface area contributed by atoms with E-state index in [0.29, 0.717) is 29.5 Å². The van der Waals surface area contributed by atoms with Crippen LogP contribution in [0.15, 0.2) is 18.2 Å². The van der Waals surface area contributed by atoms with E-state index >= 15 is 0 Å². The minimum Gasteiger partial charge on any atom is -0.480 e. The van der Waals surface area contributed by atoms with Gasteiger partial charge in [0.25, 0.3) is 0 Å². The molecule has 21 heavy (non-hydrogen) atoms. The molecule has 1 aromatic carbocycles. The smallest absolute Gasteiger partial charge is 0.326 e. The number of nitrogens with zero attached hydrogens (tertiary/aromatic N) is 2. The van der Waals surface area contributed by atoms with E-state index in [1.807, 2.05) is 0 Å². The number of carbonyl (C=O) groups excluding carboxylic acids is 1. The summed E-state index contributed by atoms with van der Waals surface area (Å²) in [5.74, 6) is -0.973. The van der Waals surface area contributed by atoms with Gasteiger partial charge in [0.15, 0.2) is 5.13 Å². The number of amides is 2. The molecule has 1 aliphatic rings. The van der Waals surface area contributed by atoms with Crippen LogP contribution in [0, 0.1) is 0 Å². The maximum Gasteiger partial charge on any atom is 0.326 e. The topological polar surface area (TPSA) is 82.5 Å². The predicted molar refractivity (Wildman–Crippen MR) is 81.0 cm³/mol. The predicted octanol–water partition coefficient (Wildman–Crippen LogP) is 3.03. The number of nitrogens with one attached hydrogen (secondary N) is 1. The molecule has 1 aromatic heterocycles. The second-order valence-electron chi connectivity index (χ2n) is 4.75. The second kappa shape index (κ2) is 5.50. The van der Waals surface area contributed by atoms with E-state index in [-0.39, 0.29) is 0 Å². The van der Waals surface area contributed by atoms with Gasteiger partial charge >= 0.3 is 12.0 Å². The number of hydrogen-bond acceptors (Lipinski definition) is 4. The third kappa shape index (κ3) is 2.79. The van der Waals surface area contributed by atoms with Crippen LogP contribution in [0.4, 0.5) is 9.93 Å². The van der Waals surface area contributed by atoms with E-state index < -0.39 is 18.0 Å². The van der Waals surface area contributed by atoms with E-state index in [9.17, 15) is 9.59 Å². The lowest BCUT2D eigenvalue weighted by atomic mass is 10.2. The van der Waals surface area contributed by atoms with Crippen LogP contribution in [-0.2, 0) is 4.79 Å². The maximum atomic E-state index is 12.2. The lowest BCUT2D eigenvalue weighted by molar-refractivity contribution is -0.141. The van der Waals surface area contributed by atoms with Gasteiger partial charge in [-0.3, -0.25) is 5.32 Å². The van der Waals surface area contributed by atoms with Gasteiger partial charge in [0.2, 0.25) is 0 Å². The summed E-state index contributed by atoms with van der Waals surface area (Å²) in [5.41, 5.74) is 0.746. The van der Waals surface area contributed by atoms with Crippen molar-refractivity contribution in [2.24, 2.45) is 0 Å². The normalized spacial score (nSPS) is 18.1. The minimum atomic E-state index is -0.973. The summed E-state index contributed by atoms with van der Waals surface area (Å²) < 4.78 is 0.869. The van der Waals surface area contributed by atoms with Gasteiger partial charge in [0.1, 0.15) is 6.04 Å². The highest BCUT2D eigenvalue weighted by Gasteiger charge is 2.34. The zero-order valence-corrected chi connectivity index (χ0v) is 12.4.